The fraction of sp³-hybridized carbons (Fsp3) is 0.286. The molecule has 0 aliphatic rings. The molecule has 3 nitrogen and oxygen atoms in total. The van der Waals surface area contributed by atoms with Crippen molar-refractivity contribution in [3.05, 3.63) is 37.4 Å². The molecule has 0 bridgehead atoms. The molecule has 1 heterocycles. The van der Waals surface area contributed by atoms with Gasteiger partial charge in [-0.3, -0.25) is 0 Å². The van der Waals surface area contributed by atoms with Gasteiger partial charge in [0.25, 0.3) is 0 Å². The van der Waals surface area contributed by atoms with E-state index >= 15 is 0 Å². The second kappa shape index (κ2) is 7.09. The maximum atomic E-state index is 6.58. The van der Waals surface area contributed by atoms with Crippen LogP contribution in [-0.2, 0) is 0 Å². The number of thiophene rings is 1. The average molecular weight is 412 g/mol. The van der Waals surface area contributed by atoms with E-state index in [0.29, 0.717) is 22.3 Å². The third-order valence-corrected chi connectivity index (χ3v) is 6.06. The summed E-state index contributed by atoms with van der Waals surface area (Å²) in [4.78, 5) is 0.916. The number of benzene rings is 1. The van der Waals surface area contributed by atoms with Gasteiger partial charge in [0.05, 0.1) is 35.5 Å². The van der Waals surface area contributed by atoms with Gasteiger partial charge in [0.1, 0.15) is 5.75 Å². The summed E-state index contributed by atoms with van der Waals surface area (Å²) in [5, 5.41) is 0.244. The van der Waals surface area contributed by atoms with Crippen LogP contribution in [0.2, 0.25) is 5.02 Å². The Kier molecular flexibility index (Phi) is 5.66. The van der Waals surface area contributed by atoms with Crippen LogP contribution in [-0.4, -0.2) is 21.3 Å². The summed E-state index contributed by atoms with van der Waals surface area (Å²) in [5.74, 6) is 1.82. The molecule has 7 heteroatoms. The molecule has 1 aromatic heterocycles. The van der Waals surface area contributed by atoms with Crippen LogP contribution in [0.4, 0.5) is 0 Å². The molecule has 0 saturated heterocycles. The normalized spacial score (nSPS) is 12.1. The van der Waals surface area contributed by atoms with E-state index in [2.05, 4.69) is 15.9 Å². The molecule has 0 aliphatic carbocycles. The van der Waals surface area contributed by atoms with Crippen LogP contribution in [0.5, 0.6) is 17.2 Å². The maximum absolute atomic E-state index is 6.58. The fourth-order valence-corrected chi connectivity index (χ4v) is 4.00. The molecule has 114 valence electrons. The summed E-state index contributed by atoms with van der Waals surface area (Å²) in [7, 11) is 4.74. The number of methoxy groups -OCH3 is 3. The first-order chi connectivity index (χ1) is 10.0. The van der Waals surface area contributed by atoms with Crippen molar-refractivity contribution in [2.75, 3.05) is 21.3 Å². The number of halogens is 3. The first kappa shape index (κ1) is 16.7. The van der Waals surface area contributed by atoms with E-state index in [9.17, 15) is 0 Å². The van der Waals surface area contributed by atoms with E-state index in [-0.39, 0.29) is 0 Å². The van der Waals surface area contributed by atoms with Crippen molar-refractivity contribution in [3.63, 3.8) is 0 Å². The van der Waals surface area contributed by atoms with Crippen LogP contribution in [0.1, 0.15) is 15.8 Å². The van der Waals surface area contributed by atoms with Crippen molar-refractivity contribution in [3.8, 4) is 17.2 Å². The summed E-state index contributed by atoms with van der Waals surface area (Å²) < 4.78 is 16.8. The largest absolute Gasteiger partial charge is 0.496 e. The molecule has 0 saturated carbocycles. The quantitative estimate of drug-likeness (QED) is 0.606. The predicted octanol–water partition coefficient (Wildman–Crippen LogP) is 5.52. The van der Waals surface area contributed by atoms with E-state index in [4.69, 9.17) is 37.4 Å². The monoisotopic (exact) mass is 410 g/mol. The van der Waals surface area contributed by atoms with Crippen molar-refractivity contribution in [2.24, 2.45) is 0 Å². The lowest BCUT2D eigenvalue weighted by Crippen LogP contribution is -1.99. The molecule has 21 heavy (non-hydrogen) atoms. The third kappa shape index (κ3) is 3.42. The van der Waals surface area contributed by atoms with Gasteiger partial charge < -0.3 is 14.2 Å². The van der Waals surface area contributed by atoms with E-state index in [1.54, 1.807) is 27.4 Å². The van der Waals surface area contributed by atoms with Crippen molar-refractivity contribution in [2.45, 2.75) is 5.38 Å². The highest BCUT2D eigenvalue weighted by molar-refractivity contribution is 9.11. The molecule has 1 atom stereocenters. The van der Waals surface area contributed by atoms with Crippen LogP contribution in [0.3, 0.4) is 0 Å². The predicted molar refractivity (Wildman–Crippen MR) is 90.8 cm³/mol. The van der Waals surface area contributed by atoms with Gasteiger partial charge in [-0.1, -0.05) is 11.6 Å². The smallest absolute Gasteiger partial charge is 0.164 e. The summed E-state index contributed by atoms with van der Waals surface area (Å²) in [6, 6.07) is 5.41. The lowest BCUT2D eigenvalue weighted by molar-refractivity contribution is 0.347. The lowest BCUT2D eigenvalue weighted by atomic mass is 10.1. The van der Waals surface area contributed by atoms with Crippen molar-refractivity contribution >= 4 is 50.5 Å². The molecular weight excluding hydrogens is 399 g/mol. The van der Waals surface area contributed by atoms with Gasteiger partial charge in [-0.25, -0.2) is 0 Å². The zero-order chi connectivity index (χ0) is 15.6. The minimum atomic E-state index is -0.395. The molecular formula is C14H13BrCl2O3S. The van der Waals surface area contributed by atoms with Gasteiger partial charge in [-0.15, -0.1) is 22.9 Å². The molecule has 0 fully saturated rings. The molecule has 1 unspecified atom stereocenters. The SMILES string of the molecule is COc1cc(OC)c(C(Cl)c2cc(Cl)c(Br)s2)cc1OC. The summed E-state index contributed by atoms with van der Waals surface area (Å²) in [6.07, 6.45) is 0. The first-order valence-electron chi connectivity index (χ1n) is 5.90. The van der Waals surface area contributed by atoms with Gasteiger partial charge in [0.2, 0.25) is 0 Å². The summed E-state index contributed by atoms with van der Waals surface area (Å²) >= 11 is 17.5. The highest BCUT2D eigenvalue weighted by Crippen LogP contribution is 2.45. The highest BCUT2D eigenvalue weighted by atomic mass is 79.9. The Bertz CT molecular complexity index is 626. The number of alkyl halides is 1. The van der Waals surface area contributed by atoms with Crippen molar-refractivity contribution in [1.82, 2.24) is 0 Å². The molecule has 0 spiro atoms. The van der Waals surface area contributed by atoms with E-state index in [1.807, 2.05) is 12.1 Å². The Balaban J connectivity index is 2.50. The molecule has 2 rings (SSSR count). The number of hydrogen-bond donors (Lipinski definition) is 0. The molecule has 1 aromatic carbocycles. The minimum absolute atomic E-state index is 0.395. The van der Waals surface area contributed by atoms with Crippen LogP contribution < -0.4 is 14.2 Å². The zero-order valence-corrected chi connectivity index (χ0v) is 15.5. The first-order valence-corrected chi connectivity index (χ1v) is 8.32. The Morgan fingerprint density at radius 1 is 1.00 bits per heavy atom. The Hall–Kier alpha value is -0.620. The second-order valence-corrected chi connectivity index (χ2v) is 7.33. The van der Waals surface area contributed by atoms with E-state index < -0.39 is 5.38 Å². The Morgan fingerprint density at radius 3 is 2.05 bits per heavy atom. The molecule has 0 N–H and O–H groups in total. The van der Waals surface area contributed by atoms with Gasteiger partial charge >= 0.3 is 0 Å². The van der Waals surface area contributed by atoms with Crippen molar-refractivity contribution < 1.29 is 14.2 Å². The minimum Gasteiger partial charge on any atom is -0.496 e. The van der Waals surface area contributed by atoms with Gasteiger partial charge in [0.15, 0.2) is 11.5 Å². The van der Waals surface area contributed by atoms with Crippen LogP contribution in [0.15, 0.2) is 22.0 Å². The maximum Gasteiger partial charge on any atom is 0.164 e. The highest BCUT2D eigenvalue weighted by Gasteiger charge is 2.22. The molecule has 0 radical (unpaired) electrons. The van der Waals surface area contributed by atoms with E-state index in [1.165, 1.54) is 11.3 Å². The fourth-order valence-electron chi connectivity index (χ4n) is 1.89. The third-order valence-electron chi connectivity index (χ3n) is 2.92. The average Bonchev–Trinajstić information content (AvgIpc) is 2.84. The molecule has 2 aromatic rings. The Labute approximate surface area is 145 Å². The zero-order valence-electron chi connectivity index (χ0n) is 11.6. The number of hydrogen-bond acceptors (Lipinski definition) is 4. The van der Waals surface area contributed by atoms with E-state index in [0.717, 1.165) is 14.2 Å². The Morgan fingerprint density at radius 2 is 1.57 bits per heavy atom. The van der Waals surface area contributed by atoms with Crippen LogP contribution in [0, 0.1) is 0 Å². The van der Waals surface area contributed by atoms with Gasteiger partial charge in [-0.2, -0.15) is 0 Å². The summed E-state index contributed by atoms with van der Waals surface area (Å²) in [6.45, 7) is 0. The number of rotatable bonds is 5. The second-order valence-electron chi connectivity index (χ2n) is 4.08. The summed E-state index contributed by atoms with van der Waals surface area (Å²) in [5.41, 5.74) is 0.794. The molecule has 0 amide bonds. The standard InChI is InChI=1S/C14H13BrCl2O3S/c1-18-9-6-11(20-3)10(19-2)4-7(9)13(17)12-5-8(16)14(15)21-12/h4-6,13H,1-3H3. The molecule has 0 aliphatic heterocycles. The lowest BCUT2D eigenvalue weighted by Gasteiger charge is -2.16. The number of ether oxygens (including phenoxy) is 3. The van der Waals surface area contributed by atoms with Crippen molar-refractivity contribution in [1.29, 1.82) is 0 Å². The van der Waals surface area contributed by atoms with Crippen LogP contribution >= 0.6 is 50.5 Å². The van der Waals surface area contributed by atoms with Gasteiger partial charge in [-0.05, 0) is 28.1 Å². The van der Waals surface area contributed by atoms with Gasteiger partial charge in [0, 0.05) is 16.5 Å². The van der Waals surface area contributed by atoms with Crippen LogP contribution in [0.25, 0.3) is 0 Å². The topological polar surface area (TPSA) is 27.7 Å².